The number of hydrogen-bond acceptors (Lipinski definition) is 3. The first kappa shape index (κ1) is 27.9. The molecule has 51 heavy (non-hydrogen) atoms. The van der Waals surface area contributed by atoms with Crippen molar-refractivity contribution in [1.82, 2.24) is 19.1 Å². The molecule has 4 heterocycles. The van der Waals surface area contributed by atoms with E-state index < -0.39 is 0 Å². The molecule has 0 N–H and O–H groups in total. The summed E-state index contributed by atoms with van der Waals surface area (Å²) in [5, 5.41) is 6.88. The van der Waals surface area contributed by atoms with Crippen LogP contribution in [0.4, 0.5) is 0 Å². The Bertz CT molecular complexity index is 3130. The summed E-state index contributed by atoms with van der Waals surface area (Å²) >= 11 is 0. The van der Waals surface area contributed by atoms with Crippen molar-refractivity contribution < 1.29 is 4.42 Å². The van der Waals surface area contributed by atoms with Crippen LogP contribution in [-0.4, -0.2) is 19.1 Å². The zero-order chi connectivity index (χ0) is 33.5. The minimum absolute atomic E-state index is 0.619. The highest BCUT2D eigenvalue weighted by Gasteiger charge is 2.21. The average Bonchev–Trinajstić information content (AvgIpc) is 3.84. The molecular weight excluding hydrogens is 625 g/mol. The molecule has 11 rings (SSSR count). The van der Waals surface area contributed by atoms with Crippen molar-refractivity contribution in [3.8, 4) is 34.2 Å². The molecule has 0 saturated heterocycles. The summed E-state index contributed by atoms with van der Waals surface area (Å²) in [5.74, 6) is 0.619. The Morgan fingerprint density at radius 3 is 1.63 bits per heavy atom. The molecule has 0 saturated carbocycles. The molecule has 0 atom stereocenters. The van der Waals surface area contributed by atoms with Gasteiger partial charge in [0.1, 0.15) is 11.2 Å². The molecule has 0 bridgehead atoms. The van der Waals surface area contributed by atoms with Crippen LogP contribution in [0.1, 0.15) is 0 Å². The van der Waals surface area contributed by atoms with E-state index in [0.717, 1.165) is 77.5 Å². The third kappa shape index (κ3) is 4.22. The number of furan rings is 1. The first-order chi connectivity index (χ1) is 25.3. The Morgan fingerprint density at radius 1 is 0.353 bits per heavy atom. The lowest BCUT2D eigenvalue weighted by molar-refractivity contribution is 0.669. The molecule has 4 aromatic heterocycles. The maximum Gasteiger partial charge on any atom is 0.235 e. The SMILES string of the molecule is c1ccc(-c2cc(-c3ccc4c(c3)oc3ccccc34)nc(-n3c4ccccc4c4cc5c(cc43)c3ccccc3n5-c3ccccc3)n2)cc1. The van der Waals surface area contributed by atoms with Crippen LogP contribution in [0.25, 0.3) is 99.7 Å². The molecule has 0 unspecified atom stereocenters. The predicted octanol–water partition coefficient (Wildman–Crippen LogP) is 11.9. The van der Waals surface area contributed by atoms with E-state index in [4.69, 9.17) is 14.4 Å². The highest BCUT2D eigenvalue weighted by Crippen LogP contribution is 2.40. The summed E-state index contributed by atoms with van der Waals surface area (Å²) in [6.07, 6.45) is 0. The monoisotopic (exact) mass is 652 g/mol. The topological polar surface area (TPSA) is 48.8 Å². The van der Waals surface area contributed by atoms with Crippen LogP contribution in [0.15, 0.2) is 174 Å². The van der Waals surface area contributed by atoms with E-state index in [-0.39, 0.29) is 0 Å². The van der Waals surface area contributed by atoms with Gasteiger partial charge in [-0.3, -0.25) is 4.57 Å². The van der Waals surface area contributed by atoms with Crippen LogP contribution < -0.4 is 0 Å². The van der Waals surface area contributed by atoms with Crippen molar-refractivity contribution in [2.75, 3.05) is 0 Å². The van der Waals surface area contributed by atoms with Crippen LogP contribution in [0.3, 0.4) is 0 Å². The normalized spacial score (nSPS) is 11.9. The molecule has 0 aliphatic carbocycles. The Hall–Kier alpha value is -6.98. The van der Waals surface area contributed by atoms with E-state index >= 15 is 0 Å². The molecule has 0 amide bonds. The van der Waals surface area contributed by atoms with E-state index in [1.807, 2.05) is 24.3 Å². The van der Waals surface area contributed by atoms with Gasteiger partial charge in [-0.2, -0.15) is 0 Å². The molecular formula is C46H28N4O. The van der Waals surface area contributed by atoms with Crippen molar-refractivity contribution in [1.29, 1.82) is 0 Å². The molecule has 0 spiro atoms. The van der Waals surface area contributed by atoms with Crippen LogP contribution in [0.5, 0.6) is 0 Å². The summed E-state index contributed by atoms with van der Waals surface area (Å²) in [6.45, 7) is 0. The summed E-state index contributed by atoms with van der Waals surface area (Å²) < 4.78 is 10.9. The van der Waals surface area contributed by atoms with E-state index in [1.54, 1.807) is 0 Å². The second-order valence-electron chi connectivity index (χ2n) is 13.0. The van der Waals surface area contributed by atoms with Gasteiger partial charge >= 0.3 is 0 Å². The second-order valence-corrected chi connectivity index (χ2v) is 13.0. The Balaban J connectivity index is 1.21. The zero-order valence-electron chi connectivity index (χ0n) is 27.4. The summed E-state index contributed by atoms with van der Waals surface area (Å²) in [4.78, 5) is 10.6. The number of fused-ring (bicyclic) bond motifs is 9. The number of nitrogens with zero attached hydrogens (tertiary/aromatic N) is 4. The fourth-order valence-electron chi connectivity index (χ4n) is 7.83. The Morgan fingerprint density at radius 2 is 0.902 bits per heavy atom. The van der Waals surface area contributed by atoms with Crippen molar-refractivity contribution in [3.63, 3.8) is 0 Å². The largest absolute Gasteiger partial charge is 0.456 e. The fraction of sp³-hybridized carbons (Fsp3) is 0. The molecule has 0 radical (unpaired) electrons. The number of rotatable bonds is 4. The minimum atomic E-state index is 0.619. The lowest BCUT2D eigenvalue weighted by atomic mass is 10.1. The smallest absolute Gasteiger partial charge is 0.235 e. The molecule has 238 valence electrons. The molecule has 5 nitrogen and oxygen atoms in total. The second kappa shape index (κ2) is 10.8. The first-order valence-electron chi connectivity index (χ1n) is 17.2. The maximum absolute atomic E-state index is 6.31. The van der Waals surface area contributed by atoms with Crippen molar-refractivity contribution in [2.45, 2.75) is 0 Å². The lowest BCUT2D eigenvalue weighted by Crippen LogP contribution is -2.04. The minimum Gasteiger partial charge on any atom is -0.456 e. The third-order valence-electron chi connectivity index (χ3n) is 10.1. The molecule has 7 aromatic carbocycles. The lowest BCUT2D eigenvalue weighted by Gasteiger charge is -2.12. The highest BCUT2D eigenvalue weighted by atomic mass is 16.3. The molecule has 0 aliphatic heterocycles. The molecule has 11 aromatic rings. The van der Waals surface area contributed by atoms with Gasteiger partial charge in [0.2, 0.25) is 5.95 Å². The highest BCUT2D eigenvalue weighted by molar-refractivity contribution is 6.19. The average molecular weight is 653 g/mol. The quantitative estimate of drug-likeness (QED) is 0.190. The van der Waals surface area contributed by atoms with Crippen LogP contribution in [0, 0.1) is 0 Å². The predicted molar refractivity (Wildman–Crippen MR) is 209 cm³/mol. The van der Waals surface area contributed by atoms with Gasteiger partial charge in [0.15, 0.2) is 0 Å². The van der Waals surface area contributed by atoms with Gasteiger partial charge in [0.25, 0.3) is 0 Å². The van der Waals surface area contributed by atoms with E-state index in [0.29, 0.717) is 5.95 Å². The molecule has 5 heteroatoms. The van der Waals surface area contributed by atoms with Crippen LogP contribution in [0.2, 0.25) is 0 Å². The number of hydrogen-bond donors (Lipinski definition) is 0. The van der Waals surface area contributed by atoms with Gasteiger partial charge in [-0.25, -0.2) is 9.97 Å². The summed E-state index contributed by atoms with van der Waals surface area (Å²) in [6, 6.07) is 59.5. The number of benzene rings is 7. The van der Waals surface area contributed by atoms with Gasteiger partial charge in [-0.15, -0.1) is 0 Å². The maximum atomic E-state index is 6.31. The van der Waals surface area contributed by atoms with E-state index in [9.17, 15) is 0 Å². The van der Waals surface area contributed by atoms with E-state index in [1.165, 1.54) is 16.3 Å². The van der Waals surface area contributed by atoms with Crippen LogP contribution in [-0.2, 0) is 0 Å². The van der Waals surface area contributed by atoms with E-state index in [2.05, 4.69) is 155 Å². The first-order valence-corrected chi connectivity index (χ1v) is 17.2. The van der Waals surface area contributed by atoms with Gasteiger partial charge in [-0.1, -0.05) is 109 Å². The van der Waals surface area contributed by atoms with Crippen molar-refractivity contribution >= 4 is 65.6 Å². The van der Waals surface area contributed by atoms with Crippen molar-refractivity contribution in [3.05, 3.63) is 170 Å². The molecule has 0 aliphatic rings. The van der Waals surface area contributed by atoms with Crippen molar-refractivity contribution in [2.24, 2.45) is 0 Å². The van der Waals surface area contributed by atoms with Crippen LogP contribution >= 0.6 is 0 Å². The summed E-state index contributed by atoms with van der Waals surface area (Å²) in [7, 11) is 0. The van der Waals surface area contributed by atoms with Gasteiger partial charge < -0.3 is 8.98 Å². The third-order valence-corrected chi connectivity index (χ3v) is 10.1. The van der Waals surface area contributed by atoms with Gasteiger partial charge in [0.05, 0.1) is 33.5 Å². The molecule has 0 fully saturated rings. The number of para-hydroxylation sites is 4. The van der Waals surface area contributed by atoms with Gasteiger partial charge in [-0.05, 0) is 60.7 Å². The standard InChI is InChI=1S/C46H28N4O/c1-3-13-29(14-4-1)38-28-39(30-23-24-35-34-19-9-12-22-44(34)51-45(35)25-30)48-46(47-38)50-41-21-11-8-18-33(41)37-26-42-36(27-43(37)50)32-17-7-10-20-40(32)49(42)31-15-5-2-6-16-31/h1-28H. The Kier molecular flexibility index (Phi) is 5.89. The van der Waals surface area contributed by atoms with Gasteiger partial charge in [0, 0.05) is 49.1 Å². The zero-order valence-corrected chi connectivity index (χ0v) is 27.4. The number of aromatic nitrogens is 4. The Labute approximate surface area is 292 Å². The fourth-order valence-corrected chi connectivity index (χ4v) is 7.83. The summed E-state index contributed by atoms with van der Waals surface area (Å²) in [5.41, 5.74) is 11.0.